The number of rotatable bonds is 6. The Morgan fingerprint density at radius 2 is 2.14 bits per heavy atom. The Morgan fingerprint density at radius 1 is 1.43 bits per heavy atom. The summed E-state index contributed by atoms with van der Waals surface area (Å²) in [5, 5.41) is 11.8. The van der Waals surface area contributed by atoms with Gasteiger partial charge in [0.1, 0.15) is 0 Å². The quantitative estimate of drug-likeness (QED) is 0.663. The largest absolute Gasteiger partial charge is 0.481 e. The molecule has 1 fully saturated rings. The third kappa shape index (κ3) is 5.50. The first-order valence-electron chi connectivity index (χ1n) is 5.29. The number of carboxylic acid groups (broad SMARTS) is 1. The van der Waals surface area contributed by atoms with Crippen LogP contribution in [0.1, 0.15) is 25.7 Å². The van der Waals surface area contributed by atoms with Crippen molar-refractivity contribution in [3.8, 4) is 0 Å². The van der Waals surface area contributed by atoms with Gasteiger partial charge in [0.05, 0.1) is 0 Å². The highest BCUT2D eigenvalue weighted by Crippen LogP contribution is 2.18. The van der Waals surface area contributed by atoms with Crippen molar-refractivity contribution in [1.82, 2.24) is 5.32 Å². The molecule has 0 spiro atoms. The molecule has 0 atom stereocenters. The fraction of sp³-hybridized carbons (Fsp3) is 0.900. The van der Waals surface area contributed by atoms with E-state index in [2.05, 4.69) is 5.32 Å². The van der Waals surface area contributed by atoms with E-state index in [1.807, 2.05) is 11.8 Å². The standard InChI is InChI=1S/C10H19NO2S/c12-10(13)2-1-7-14-8-9-3-5-11-6-4-9/h9,11H,1-8H2,(H,12,13). The van der Waals surface area contributed by atoms with Gasteiger partial charge in [-0.2, -0.15) is 11.8 Å². The summed E-state index contributed by atoms with van der Waals surface area (Å²) in [7, 11) is 0. The average molecular weight is 217 g/mol. The lowest BCUT2D eigenvalue weighted by molar-refractivity contribution is -0.137. The molecule has 0 saturated carbocycles. The van der Waals surface area contributed by atoms with Crippen LogP contribution in [0, 0.1) is 5.92 Å². The molecule has 1 aliphatic heterocycles. The zero-order chi connectivity index (χ0) is 10.2. The highest BCUT2D eigenvalue weighted by atomic mass is 32.2. The molecular weight excluding hydrogens is 198 g/mol. The maximum Gasteiger partial charge on any atom is 0.303 e. The predicted octanol–water partition coefficient (Wildman–Crippen LogP) is 1.58. The molecule has 0 radical (unpaired) electrons. The summed E-state index contributed by atoms with van der Waals surface area (Å²) in [6.07, 6.45) is 3.70. The van der Waals surface area contributed by atoms with Gasteiger partial charge in [0.25, 0.3) is 0 Å². The molecule has 1 aliphatic rings. The van der Waals surface area contributed by atoms with Crippen LogP contribution in [0.3, 0.4) is 0 Å². The molecule has 0 aromatic carbocycles. The molecule has 0 aromatic rings. The lowest BCUT2D eigenvalue weighted by atomic mass is 10.0. The van der Waals surface area contributed by atoms with Crippen molar-refractivity contribution in [2.24, 2.45) is 5.92 Å². The van der Waals surface area contributed by atoms with Crippen molar-refractivity contribution < 1.29 is 9.90 Å². The molecule has 1 heterocycles. The normalized spacial score (nSPS) is 18.3. The summed E-state index contributed by atoms with van der Waals surface area (Å²) in [5.74, 6) is 2.39. The zero-order valence-electron chi connectivity index (χ0n) is 8.50. The summed E-state index contributed by atoms with van der Waals surface area (Å²) in [5.41, 5.74) is 0. The van der Waals surface area contributed by atoms with Gasteiger partial charge in [-0.1, -0.05) is 0 Å². The monoisotopic (exact) mass is 217 g/mol. The van der Waals surface area contributed by atoms with E-state index in [-0.39, 0.29) is 0 Å². The van der Waals surface area contributed by atoms with E-state index in [0.29, 0.717) is 6.42 Å². The highest BCUT2D eigenvalue weighted by Gasteiger charge is 2.12. The van der Waals surface area contributed by atoms with Gasteiger partial charge in [-0.3, -0.25) is 4.79 Å². The molecule has 14 heavy (non-hydrogen) atoms. The van der Waals surface area contributed by atoms with Crippen molar-refractivity contribution in [3.05, 3.63) is 0 Å². The number of nitrogens with one attached hydrogen (secondary N) is 1. The Labute approximate surface area is 89.6 Å². The lowest BCUT2D eigenvalue weighted by Crippen LogP contribution is -2.28. The van der Waals surface area contributed by atoms with Crippen LogP contribution in [0.4, 0.5) is 0 Å². The molecule has 1 rings (SSSR count). The lowest BCUT2D eigenvalue weighted by Gasteiger charge is -2.21. The molecule has 2 N–H and O–H groups in total. The van der Waals surface area contributed by atoms with Crippen LogP contribution in [-0.2, 0) is 4.79 Å². The molecule has 1 saturated heterocycles. The average Bonchev–Trinajstić information content (AvgIpc) is 2.18. The summed E-state index contributed by atoms with van der Waals surface area (Å²) in [4.78, 5) is 10.2. The van der Waals surface area contributed by atoms with Crippen LogP contribution in [0.25, 0.3) is 0 Å². The van der Waals surface area contributed by atoms with Gasteiger partial charge in [0.15, 0.2) is 0 Å². The Hall–Kier alpha value is -0.220. The molecular formula is C10H19NO2S. The fourth-order valence-electron chi connectivity index (χ4n) is 1.62. The third-order valence-electron chi connectivity index (χ3n) is 2.49. The molecule has 3 nitrogen and oxygen atoms in total. The zero-order valence-corrected chi connectivity index (χ0v) is 9.31. The van der Waals surface area contributed by atoms with Gasteiger partial charge in [-0.05, 0) is 49.8 Å². The van der Waals surface area contributed by atoms with Gasteiger partial charge >= 0.3 is 5.97 Å². The number of hydrogen-bond acceptors (Lipinski definition) is 3. The topological polar surface area (TPSA) is 49.3 Å². The minimum atomic E-state index is -0.674. The summed E-state index contributed by atoms with van der Waals surface area (Å²) in [6, 6.07) is 0. The van der Waals surface area contributed by atoms with Crippen LogP contribution < -0.4 is 5.32 Å². The smallest absolute Gasteiger partial charge is 0.303 e. The van der Waals surface area contributed by atoms with E-state index in [1.165, 1.54) is 18.6 Å². The molecule has 0 amide bonds. The Balaban J connectivity index is 1.90. The Morgan fingerprint density at radius 3 is 2.79 bits per heavy atom. The van der Waals surface area contributed by atoms with Gasteiger partial charge in [-0.15, -0.1) is 0 Å². The summed E-state index contributed by atoms with van der Waals surface area (Å²) >= 11 is 1.91. The summed E-state index contributed by atoms with van der Waals surface area (Å²) in [6.45, 7) is 2.31. The van der Waals surface area contributed by atoms with E-state index in [1.54, 1.807) is 0 Å². The maximum atomic E-state index is 10.2. The summed E-state index contributed by atoms with van der Waals surface area (Å²) < 4.78 is 0. The van der Waals surface area contributed by atoms with Crippen LogP contribution in [-0.4, -0.2) is 35.7 Å². The van der Waals surface area contributed by atoms with Gasteiger partial charge in [0.2, 0.25) is 0 Å². The van der Waals surface area contributed by atoms with E-state index >= 15 is 0 Å². The van der Waals surface area contributed by atoms with E-state index in [0.717, 1.165) is 31.2 Å². The number of aliphatic carboxylic acids is 1. The molecule has 0 bridgehead atoms. The first kappa shape index (κ1) is 11.9. The van der Waals surface area contributed by atoms with Gasteiger partial charge in [-0.25, -0.2) is 0 Å². The SMILES string of the molecule is O=C(O)CCCSCC1CCNCC1. The molecule has 4 heteroatoms. The predicted molar refractivity (Wildman–Crippen MR) is 59.8 cm³/mol. The van der Waals surface area contributed by atoms with Crippen molar-refractivity contribution in [2.75, 3.05) is 24.6 Å². The number of carboxylic acids is 1. The van der Waals surface area contributed by atoms with Crippen LogP contribution in [0.5, 0.6) is 0 Å². The first-order chi connectivity index (χ1) is 6.79. The van der Waals surface area contributed by atoms with E-state index in [4.69, 9.17) is 5.11 Å². The minimum absolute atomic E-state index is 0.319. The minimum Gasteiger partial charge on any atom is -0.481 e. The molecule has 82 valence electrons. The first-order valence-corrected chi connectivity index (χ1v) is 6.45. The number of piperidine rings is 1. The van der Waals surface area contributed by atoms with Crippen molar-refractivity contribution in [2.45, 2.75) is 25.7 Å². The molecule has 0 unspecified atom stereocenters. The maximum absolute atomic E-state index is 10.2. The molecule has 0 aliphatic carbocycles. The fourth-order valence-corrected chi connectivity index (χ4v) is 2.81. The number of hydrogen-bond donors (Lipinski definition) is 2. The van der Waals surface area contributed by atoms with Crippen LogP contribution >= 0.6 is 11.8 Å². The van der Waals surface area contributed by atoms with E-state index < -0.39 is 5.97 Å². The van der Waals surface area contributed by atoms with Crippen LogP contribution in [0.15, 0.2) is 0 Å². The highest BCUT2D eigenvalue weighted by molar-refractivity contribution is 7.99. The Bertz CT molecular complexity index is 170. The van der Waals surface area contributed by atoms with E-state index in [9.17, 15) is 4.79 Å². The second kappa shape index (κ2) is 7.12. The second-order valence-corrected chi connectivity index (χ2v) is 4.92. The van der Waals surface area contributed by atoms with Gasteiger partial charge < -0.3 is 10.4 Å². The van der Waals surface area contributed by atoms with Crippen molar-refractivity contribution in [1.29, 1.82) is 0 Å². The van der Waals surface area contributed by atoms with Crippen molar-refractivity contribution in [3.63, 3.8) is 0 Å². The van der Waals surface area contributed by atoms with Crippen LogP contribution in [0.2, 0.25) is 0 Å². The van der Waals surface area contributed by atoms with Gasteiger partial charge in [0, 0.05) is 6.42 Å². The number of thioether (sulfide) groups is 1. The molecule has 0 aromatic heterocycles. The number of carbonyl (C=O) groups is 1. The third-order valence-corrected chi connectivity index (χ3v) is 3.78. The van der Waals surface area contributed by atoms with Crippen molar-refractivity contribution >= 4 is 17.7 Å². The second-order valence-electron chi connectivity index (χ2n) is 3.77. The Kier molecular flexibility index (Phi) is 6.03.